The fourth-order valence-electron chi connectivity index (χ4n) is 1.25. The molecule has 0 unspecified atom stereocenters. The lowest BCUT2D eigenvalue weighted by Gasteiger charge is -2.04. The molecule has 1 rings (SSSR count). The highest BCUT2D eigenvalue weighted by Gasteiger charge is 2.10. The zero-order valence-electron chi connectivity index (χ0n) is 9.36. The molecular formula is C10H14N2O4S. The Labute approximate surface area is 102 Å². The number of carbonyl (C=O) groups is 2. The SMILES string of the molecule is Cc1sc(C(=O)O)cc1CNCCOC(N)=O. The van der Waals surface area contributed by atoms with Crippen molar-refractivity contribution in [2.75, 3.05) is 13.2 Å². The molecule has 1 aromatic rings. The Hall–Kier alpha value is -1.60. The van der Waals surface area contributed by atoms with E-state index >= 15 is 0 Å². The number of carboxylic acid groups (broad SMARTS) is 1. The average molecular weight is 258 g/mol. The summed E-state index contributed by atoms with van der Waals surface area (Å²) in [6.07, 6.45) is -0.799. The second-order valence-corrected chi connectivity index (χ2v) is 4.60. The summed E-state index contributed by atoms with van der Waals surface area (Å²) < 4.78 is 4.54. The molecule has 6 nitrogen and oxygen atoms in total. The van der Waals surface area contributed by atoms with Crippen LogP contribution in [0.25, 0.3) is 0 Å². The molecule has 17 heavy (non-hydrogen) atoms. The minimum Gasteiger partial charge on any atom is -0.477 e. The molecule has 0 saturated heterocycles. The number of aromatic carboxylic acids is 1. The van der Waals surface area contributed by atoms with Crippen LogP contribution in [0.5, 0.6) is 0 Å². The number of carboxylic acids is 1. The second kappa shape index (κ2) is 6.21. The number of carbonyl (C=O) groups excluding carboxylic acids is 1. The van der Waals surface area contributed by atoms with Crippen molar-refractivity contribution in [3.63, 3.8) is 0 Å². The molecule has 0 spiro atoms. The molecule has 0 aliphatic rings. The molecule has 0 bridgehead atoms. The van der Waals surface area contributed by atoms with Gasteiger partial charge in [-0.15, -0.1) is 11.3 Å². The van der Waals surface area contributed by atoms with Gasteiger partial charge in [0.1, 0.15) is 11.5 Å². The third kappa shape index (κ3) is 4.41. The minimum absolute atomic E-state index is 0.199. The lowest BCUT2D eigenvalue weighted by atomic mass is 10.2. The maximum absolute atomic E-state index is 10.7. The molecule has 0 radical (unpaired) electrons. The molecule has 0 fully saturated rings. The van der Waals surface area contributed by atoms with Gasteiger partial charge in [0.25, 0.3) is 0 Å². The first-order valence-corrected chi connectivity index (χ1v) is 5.78. The molecule has 0 aliphatic heterocycles. The van der Waals surface area contributed by atoms with E-state index < -0.39 is 12.1 Å². The zero-order valence-corrected chi connectivity index (χ0v) is 10.2. The van der Waals surface area contributed by atoms with Crippen LogP contribution in [0.15, 0.2) is 6.07 Å². The highest BCUT2D eigenvalue weighted by atomic mass is 32.1. The van der Waals surface area contributed by atoms with E-state index in [0.29, 0.717) is 18.0 Å². The monoisotopic (exact) mass is 258 g/mol. The number of hydrogen-bond acceptors (Lipinski definition) is 5. The van der Waals surface area contributed by atoms with Crippen LogP contribution in [-0.2, 0) is 11.3 Å². The second-order valence-electron chi connectivity index (χ2n) is 3.34. The fraction of sp³-hybridized carbons (Fsp3) is 0.400. The molecule has 1 aromatic heterocycles. The maximum atomic E-state index is 10.7. The highest BCUT2D eigenvalue weighted by Crippen LogP contribution is 2.21. The van der Waals surface area contributed by atoms with Crippen molar-refractivity contribution in [3.05, 3.63) is 21.4 Å². The minimum atomic E-state index is -0.915. The maximum Gasteiger partial charge on any atom is 0.404 e. The average Bonchev–Trinajstić information content (AvgIpc) is 2.59. The number of hydrogen-bond donors (Lipinski definition) is 3. The highest BCUT2D eigenvalue weighted by molar-refractivity contribution is 7.14. The van der Waals surface area contributed by atoms with Crippen LogP contribution in [0.3, 0.4) is 0 Å². The number of ether oxygens (including phenoxy) is 1. The third-order valence-corrected chi connectivity index (χ3v) is 3.15. The molecule has 0 aromatic carbocycles. The van der Waals surface area contributed by atoms with Crippen molar-refractivity contribution in [1.82, 2.24) is 5.32 Å². The number of nitrogens with two attached hydrogens (primary N) is 1. The third-order valence-electron chi connectivity index (χ3n) is 2.07. The van der Waals surface area contributed by atoms with Gasteiger partial charge in [-0.25, -0.2) is 9.59 Å². The smallest absolute Gasteiger partial charge is 0.404 e. The predicted molar refractivity (Wildman–Crippen MR) is 63.3 cm³/mol. The lowest BCUT2D eigenvalue weighted by molar-refractivity contribution is 0.0702. The number of nitrogens with one attached hydrogen (secondary N) is 1. The van der Waals surface area contributed by atoms with Gasteiger partial charge in [0.2, 0.25) is 0 Å². The number of amides is 1. The first-order valence-electron chi connectivity index (χ1n) is 4.96. The molecule has 94 valence electrons. The van der Waals surface area contributed by atoms with Gasteiger partial charge in [-0.3, -0.25) is 0 Å². The van der Waals surface area contributed by atoms with Crippen LogP contribution in [0.4, 0.5) is 4.79 Å². The molecule has 1 amide bonds. The molecule has 1 heterocycles. The number of primary amides is 1. The van der Waals surface area contributed by atoms with E-state index in [-0.39, 0.29) is 6.61 Å². The first-order chi connectivity index (χ1) is 8.00. The van der Waals surface area contributed by atoms with E-state index in [1.807, 2.05) is 6.92 Å². The van der Waals surface area contributed by atoms with Crippen LogP contribution >= 0.6 is 11.3 Å². The summed E-state index contributed by atoms with van der Waals surface area (Å²) >= 11 is 1.25. The summed E-state index contributed by atoms with van der Waals surface area (Å²) in [7, 11) is 0. The normalized spacial score (nSPS) is 10.2. The quantitative estimate of drug-likeness (QED) is 0.659. The van der Waals surface area contributed by atoms with Crippen molar-refractivity contribution in [1.29, 1.82) is 0 Å². The Balaban J connectivity index is 2.36. The van der Waals surface area contributed by atoms with E-state index in [9.17, 15) is 9.59 Å². The van der Waals surface area contributed by atoms with Crippen molar-refractivity contribution in [2.24, 2.45) is 5.73 Å². The van der Waals surface area contributed by atoms with Gasteiger partial charge in [-0.2, -0.15) is 0 Å². The van der Waals surface area contributed by atoms with Gasteiger partial charge in [0, 0.05) is 18.0 Å². The van der Waals surface area contributed by atoms with Crippen LogP contribution in [-0.4, -0.2) is 30.3 Å². The molecule has 0 aliphatic carbocycles. The van der Waals surface area contributed by atoms with Crippen LogP contribution in [0, 0.1) is 6.92 Å². The largest absolute Gasteiger partial charge is 0.477 e. The summed E-state index contributed by atoms with van der Waals surface area (Å²) in [5.74, 6) is -0.915. The summed E-state index contributed by atoms with van der Waals surface area (Å²) in [6, 6.07) is 1.64. The van der Waals surface area contributed by atoms with E-state index in [4.69, 9.17) is 10.8 Å². The van der Waals surface area contributed by atoms with Gasteiger partial charge in [0.15, 0.2) is 0 Å². The number of rotatable bonds is 6. The molecule has 0 saturated carbocycles. The van der Waals surface area contributed by atoms with Crippen LogP contribution in [0.2, 0.25) is 0 Å². The lowest BCUT2D eigenvalue weighted by Crippen LogP contribution is -2.23. The molecule has 7 heteroatoms. The van der Waals surface area contributed by atoms with Gasteiger partial charge < -0.3 is 20.9 Å². The molecule has 4 N–H and O–H groups in total. The van der Waals surface area contributed by atoms with Crippen molar-refractivity contribution in [2.45, 2.75) is 13.5 Å². The summed E-state index contributed by atoms with van der Waals surface area (Å²) in [6.45, 7) is 3.08. The van der Waals surface area contributed by atoms with Crippen LogP contribution < -0.4 is 11.1 Å². The summed E-state index contributed by atoms with van der Waals surface area (Å²) in [4.78, 5) is 22.3. The summed E-state index contributed by atoms with van der Waals surface area (Å²) in [5, 5.41) is 11.8. The first kappa shape index (κ1) is 13.5. The standard InChI is InChI=1S/C10H14N2O4S/c1-6-7(4-8(17-6)9(13)14)5-12-2-3-16-10(11)15/h4,12H,2-3,5H2,1H3,(H2,11,15)(H,13,14). The van der Waals surface area contributed by atoms with Gasteiger partial charge in [-0.05, 0) is 18.6 Å². The van der Waals surface area contributed by atoms with E-state index in [0.717, 1.165) is 10.4 Å². The van der Waals surface area contributed by atoms with E-state index in [1.165, 1.54) is 11.3 Å². The van der Waals surface area contributed by atoms with Gasteiger partial charge in [-0.1, -0.05) is 0 Å². The van der Waals surface area contributed by atoms with Crippen molar-refractivity contribution in [3.8, 4) is 0 Å². The fourth-order valence-corrected chi connectivity index (χ4v) is 2.13. The Bertz CT molecular complexity index is 416. The Morgan fingerprint density at radius 2 is 2.29 bits per heavy atom. The summed E-state index contributed by atoms with van der Waals surface area (Å²) in [5.41, 5.74) is 5.73. The van der Waals surface area contributed by atoms with E-state index in [1.54, 1.807) is 6.07 Å². The zero-order chi connectivity index (χ0) is 12.8. The van der Waals surface area contributed by atoms with Crippen molar-refractivity contribution < 1.29 is 19.4 Å². The predicted octanol–water partition coefficient (Wildman–Crippen LogP) is 0.940. The van der Waals surface area contributed by atoms with Crippen LogP contribution in [0.1, 0.15) is 20.1 Å². The Morgan fingerprint density at radius 3 is 2.82 bits per heavy atom. The van der Waals surface area contributed by atoms with Gasteiger partial charge in [0.05, 0.1) is 0 Å². The topological polar surface area (TPSA) is 102 Å². The number of thiophene rings is 1. The van der Waals surface area contributed by atoms with E-state index in [2.05, 4.69) is 10.1 Å². The van der Waals surface area contributed by atoms with Crippen molar-refractivity contribution >= 4 is 23.4 Å². The Kier molecular flexibility index (Phi) is 4.92. The molecular weight excluding hydrogens is 244 g/mol. The Morgan fingerprint density at radius 1 is 1.59 bits per heavy atom. The molecule has 0 atom stereocenters. The van der Waals surface area contributed by atoms with Gasteiger partial charge >= 0.3 is 12.1 Å². The number of aryl methyl sites for hydroxylation is 1.